The summed E-state index contributed by atoms with van der Waals surface area (Å²) in [7, 11) is 0. The number of para-hydroxylation sites is 1. The molecule has 8 rings (SSSR count). The van der Waals surface area contributed by atoms with E-state index in [1.54, 1.807) is 24.3 Å². The van der Waals surface area contributed by atoms with E-state index in [4.69, 9.17) is 15.7 Å². The van der Waals surface area contributed by atoms with E-state index in [9.17, 15) is 9.59 Å². The number of nitrogens with two attached hydrogens (primary N) is 1. The molecule has 0 aliphatic heterocycles. The van der Waals surface area contributed by atoms with Crippen LogP contribution in [-0.2, 0) is 12.8 Å². The number of nitrogens with zero attached hydrogens (tertiary/aromatic N) is 2. The molecule has 0 unspecified atom stereocenters. The van der Waals surface area contributed by atoms with Crippen LogP contribution in [0.3, 0.4) is 0 Å². The second kappa shape index (κ2) is 23.3. The summed E-state index contributed by atoms with van der Waals surface area (Å²) >= 11 is 0. The predicted octanol–water partition coefficient (Wildman–Crippen LogP) is 14.3. The molecule has 3 N–H and O–H groups in total. The molecule has 0 saturated carbocycles. The van der Waals surface area contributed by atoms with Gasteiger partial charge in [0.05, 0.1) is 11.4 Å². The molecule has 0 spiro atoms. The first-order chi connectivity index (χ1) is 31.1. The number of nitrogens with one attached hydrogen (secondary N) is 1. The van der Waals surface area contributed by atoms with E-state index in [1.165, 1.54) is 36.1 Å². The molecule has 0 aliphatic rings. The van der Waals surface area contributed by atoms with Crippen molar-refractivity contribution in [3.05, 3.63) is 257 Å². The van der Waals surface area contributed by atoms with E-state index in [0.29, 0.717) is 11.1 Å². The van der Waals surface area contributed by atoms with Crippen molar-refractivity contribution in [3.63, 3.8) is 0 Å². The third kappa shape index (κ3) is 14.6. The van der Waals surface area contributed by atoms with Gasteiger partial charge in [-0.05, 0) is 135 Å². The number of anilines is 3. The zero-order chi connectivity index (χ0) is 45.1. The predicted molar refractivity (Wildman–Crippen MR) is 269 cm³/mol. The van der Waals surface area contributed by atoms with Crippen molar-refractivity contribution in [2.45, 2.75) is 40.5 Å². The van der Waals surface area contributed by atoms with Gasteiger partial charge in [0.25, 0.3) is 0 Å². The lowest BCUT2D eigenvalue weighted by atomic mass is 10.0. The number of Topliss-reactive ketones (excluding diaryl/α,β-unsaturated/α-hetero) is 2. The fourth-order valence-electron chi connectivity index (χ4n) is 6.70. The lowest BCUT2D eigenvalue weighted by Gasteiger charge is -2.07. The van der Waals surface area contributed by atoms with Gasteiger partial charge in [0.2, 0.25) is 0 Å². The summed E-state index contributed by atoms with van der Waals surface area (Å²) in [5, 5.41) is 3.40. The summed E-state index contributed by atoms with van der Waals surface area (Å²) in [5.41, 5.74) is 21.1. The molecule has 0 heterocycles. The molecule has 0 amide bonds. The number of ketones is 2. The monoisotopic (exact) mass is 838 g/mol. The number of aliphatic imine (C=N–C) groups is 2. The molecular formula is C58H54N4O2. The highest BCUT2D eigenvalue weighted by atomic mass is 16.1. The van der Waals surface area contributed by atoms with Crippen LogP contribution in [-0.4, -0.2) is 23.0 Å². The number of nitrogen functional groups attached to an aromatic ring is 1. The second-order valence-electron chi connectivity index (χ2n) is 15.4. The van der Waals surface area contributed by atoms with Crippen LogP contribution in [0.4, 0.5) is 28.4 Å². The SMILES string of the molecule is CC(=Nc1ccc(Cc2ccccc2)cc1)c1ccc(C(C)=Nc2ccc(Nc3ccccc3)cc2)cc1.CC(=O)c1ccc(C(C)=O)cc1.Nc1ccc(Cc2ccccc2)cc1. The van der Waals surface area contributed by atoms with Crippen LogP contribution in [0.1, 0.15) is 81.8 Å². The lowest BCUT2D eigenvalue weighted by molar-refractivity contribution is 0.100. The minimum Gasteiger partial charge on any atom is -0.399 e. The molecule has 8 aromatic carbocycles. The van der Waals surface area contributed by atoms with Crippen molar-refractivity contribution in [2.75, 3.05) is 11.1 Å². The molecule has 0 aliphatic carbocycles. The van der Waals surface area contributed by atoms with Crippen molar-refractivity contribution in [2.24, 2.45) is 9.98 Å². The van der Waals surface area contributed by atoms with E-state index in [2.05, 4.69) is 146 Å². The smallest absolute Gasteiger partial charge is 0.159 e. The largest absolute Gasteiger partial charge is 0.399 e. The normalized spacial score (nSPS) is 11.0. The molecule has 0 atom stereocenters. The maximum Gasteiger partial charge on any atom is 0.159 e. The number of carbonyl (C=O) groups is 2. The summed E-state index contributed by atoms with van der Waals surface area (Å²) in [6, 6.07) is 70.9. The number of benzene rings is 8. The minimum atomic E-state index is 0.0186. The molecule has 8 aromatic rings. The molecule has 0 fully saturated rings. The molecule has 0 aromatic heterocycles. The summed E-state index contributed by atoms with van der Waals surface area (Å²) in [5.74, 6) is 0.0372. The summed E-state index contributed by atoms with van der Waals surface area (Å²) in [4.78, 5) is 31.3. The number of hydrogen-bond donors (Lipinski definition) is 2. The summed E-state index contributed by atoms with van der Waals surface area (Å²) in [6.45, 7) is 7.10. The Kier molecular flexibility index (Phi) is 16.6. The molecular weight excluding hydrogens is 785 g/mol. The van der Waals surface area contributed by atoms with Gasteiger partial charge in [0.1, 0.15) is 0 Å². The lowest BCUT2D eigenvalue weighted by Crippen LogP contribution is -1.98. The van der Waals surface area contributed by atoms with E-state index in [1.807, 2.05) is 61.5 Å². The van der Waals surface area contributed by atoms with E-state index in [-0.39, 0.29) is 11.6 Å². The highest BCUT2D eigenvalue weighted by molar-refractivity contribution is 6.03. The van der Waals surface area contributed by atoms with Crippen LogP contribution >= 0.6 is 0 Å². The fraction of sp³-hybridized carbons (Fsp3) is 0.103. The minimum absolute atomic E-state index is 0.0186. The maximum absolute atomic E-state index is 10.8. The topological polar surface area (TPSA) is 96.9 Å². The van der Waals surface area contributed by atoms with Gasteiger partial charge in [-0.3, -0.25) is 19.6 Å². The summed E-state index contributed by atoms with van der Waals surface area (Å²) in [6.07, 6.45) is 1.90. The Labute approximate surface area is 377 Å². The van der Waals surface area contributed by atoms with E-state index < -0.39 is 0 Å². The van der Waals surface area contributed by atoms with Crippen LogP contribution in [0, 0.1) is 0 Å². The molecule has 64 heavy (non-hydrogen) atoms. The van der Waals surface area contributed by atoms with Gasteiger partial charge in [-0.1, -0.05) is 152 Å². The maximum atomic E-state index is 10.8. The Morgan fingerprint density at radius 1 is 0.375 bits per heavy atom. The molecule has 6 nitrogen and oxygen atoms in total. The van der Waals surface area contributed by atoms with Gasteiger partial charge in [-0.2, -0.15) is 0 Å². The Morgan fingerprint density at radius 2 is 0.688 bits per heavy atom. The quantitative estimate of drug-likeness (QED) is 0.0727. The van der Waals surface area contributed by atoms with E-state index in [0.717, 1.165) is 63.8 Å². The van der Waals surface area contributed by atoms with Crippen molar-refractivity contribution in [1.29, 1.82) is 0 Å². The fourth-order valence-corrected chi connectivity index (χ4v) is 6.70. The Morgan fingerprint density at radius 3 is 1.08 bits per heavy atom. The first-order valence-corrected chi connectivity index (χ1v) is 21.3. The van der Waals surface area contributed by atoms with Crippen molar-refractivity contribution >= 4 is 51.4 Å². The average molecular weight is 839 g/mol. The van der Waals surface area contributed by atoms with Gasteiger partial charge in [-0.25, -0.2) is 0 Å². The number of hydrogen-bond acceptors (Lipinski definition) is 6. The highest BCUT2D eigenvalue weighted by Gasteiger charge is 2.04. The third-order valence-corrected chi connectivity index (χ3v) is 10.4. The molecule has 0 saturated heterocycles. The first kappa shape index (κ1) is 45.6. The molecule has 6 heteroatoms. The Bertz CT molecular complexity index is 2590. The highest BCUT2D eigenvalue weighted by Crippen LogP contribution is 2.22. The summed E-state index contributed by atoms with van der Waals surface area (Å²) < 4.78 is 0. The van der Waals surface area contributed by atoms with Crippen molar-refractivity contribution in [3.8, 4) is 0 Å². The standard InChI is InChI=1S/C35H31N3.C13H13N.C10H10O2/c1-26(36-33-19-13-29(14-20-33)25-28-9-5-3-6-10-28)30-15-17-31(18-16-30)27(2)37-34-21-23-35(24-22-34)38-32-11-7-4-8-12-32;14-13-8-6-12(7-9-13)10-11-4-2-1-3-5-11;1-7(11)9-3-5-10(6-4-9)8(2)12/h3-24,38H,25H2,1-2H3;1-9H,10,14H2;3-6H,1-2H3. The van der Waals surface area contributed by atoms with Crippen LogP contribution in [0.15, 0.2) is 222 Å². The van der Waals surface area contributed by atoms with Crippen LogP contribution in [0.25, 0.3) is 0 Å². The van der Waals surface area contributed by atoms with Gasteiger partial charge < -0.3 is 11.1 Å². The number of carbonyl (C=O) groups excluding carboxylic acids is 2. The van der Waals surface area contributed by atoms with Gasteiger partial charge >= 0.3 is 0 Å². The zero-order valence-electron chi connectivity index (χ0n) is 36.9. The third-order valence-electron chi connectivity index (χ3n) is 10.4. The van der Waals surface area contributed by atoms with Crippen molar-refractivity contribution in [1.82, 2.24) is 0 Å². The van der Waals surface area contributed by atoms with Crippen LogP contribution in [0.2, 0.25) is 0 Å². The first-order valence-electron chi connectivity index (χ1n) is 21.3. The zero-order valence-corrected chi connectivity index (χ0v) is 36.9. The van der Waals surface area contributed by atoms with Crippen LogP contribution in [0.5, 0.6) is 0 Å². The Hall–Kier alpha value is -7.96. The van der Waals surface area contributed by atoms with Gasteiger partial charge in [-0.15, -0.1) is 0 Å². The Balaban J connectivity index is 0.000000212. The molecule has 0 bridgehead atoms. The van der Waals surface area contributed by atoms with Crippen LogP contribution < -0.4 is 11.1 Å². The average Bonchev–Trinajstić information content (AvgIpc) is 3.32. The molecule has 0 radical (unpaired) electrons. The number of rotatable bonds is 12. The van der Waals surface area contributed by atoms with Gasteiger partial charge in [0, 0.05) is 39.6 Å². The van der Waals surface area contributed by atoms with Gasteiger partial charge in [0.15, 0.2) is 11.6 Å². The van der Waals surface area contributed by atoms with E-state index >= 15 is 0 Å². The molecule has 318 valence electrons. The van der Waals surface area contributed by atoms with Crippen molar-refractivity contribution < 1.29 is 9.59 Å². The second-order valence-corrected chi connectivity index (χ2v) is 15.4.